The third-order valence-corrected chi connectivity index (χ3v) is 16.4. The number of unbranched alkanes of at least 4 members (excludes halogenated alkanes) is 1. The zero-order chi connectivity index (χ0) is 76.3. The second-order valence-electron chi connectivity index (χ2n) is 26.3. The molecule has 6 aliphatic heterocycles. The van der Waals surface area contributed by atoms with Crippen LogP contribution in [0.5, 0.6) is 0 Å². The van der Waals surface area contributed by atoms with E-state index in [9.17, 15) is 71.9 Å². The molecule has 1 N–H and O–H groups in total. The number of carbonyl (C=O) groups is 15. The first kappa shape index (κ1) is 88.6. The van der Waals surface area contributed by atoms with Gasteiger partial charge in [-0.25, -0.2) is 9.59 Å². The molecule has 10 atom stereocenters. The van der Waals surface area contributed by atoms with Crippen molar-refractivity contribution >= 4 is 88.8 Å². The summed E-state index contributed by atoms with van der Waals surface area (Å²) in [6, 6.07) is -1.86. The Labute approximate surface area is 593 Å². The Balaban J connectivity index is 0.000000432. The van der Waals surface area contributed by atoms with Crippen molar-refractivity contribution in [3.05, 3.63) is 72.9 Å². The van der Waals surface area contributed by atoms with Gasteiger partial charge in [-0.1, -0.05) is 94.4 Å². The number of rotatable bonds is 38. The van der Waals surface area contributed by atoms with Gasteiger partial charge < -0.3 is 33.5 Å². The topological polar surface area (TPSA) is 351 Å². The first-order valence-electron chi connectivity index (χ1n) is 34.9. The van der Waals surface area contributed by atoms with Crippen molar-refractivity contribution in [1.29, 1.82) is 0 Å². The van der Waals surface area contributed by atoms with E-state index < -0.39 is 59.9 Å². The molecule has 0 spiro atoms. The lowest BCUT2D eigenvalue weighted by atomic mass is 9.82. The molecule has 6 heterocycles. The van der Waals surface area contributed by atoms with Crippen molar-refractivity contribution in [2.24, 2.45) is 23.2 Å². The molecule has 562 valence electrons. The number of imide groups is 6. The molecular formula is C73H108N6O22. The molecule has 0 saturated carbocycles. The van der Waals surface area contributed by atoms with Crippen molar-refractivity contribution in [3.63, 3.8) is 0 Å². The van der Waals surface area contributed by atoms with E-state index in [4.69, 9.17) is 33.5 Å². The lowest BCUT2D eigenvalue weighted by molar-refractivity contribution is -0.163. The minimum atomic E-state index is -0.992. The van der Waals surface area contributed by atoms with Crippen LogP contribution in [0.25, 0.3) is 0 Å². The summed E-state index contributed by atoms with van der Waals surface area (Å²) >= 11 is 0. The molecule has 0 aromatic carbocycles. The van der Waals surface area contributed by atoms with E-state index in [0.29, 0.717) is 70.6 Å². The van der Waals surface area contributed by atoms with Gasteiger partial charge >= 0.3 is 17.9 Å². The van der Waals surface area contributed by atoms with E-state index in [2.05, 4.69) is 27.7 Å². The Hall–Kier alpha value is -8.47. The average Bonchev–Trinajstić information content (AvgIpc) is 1.75. The predicted molar refractivity (Wildman–Crippen MR) is 369 cm³/mol. The Morgan fingerprint density at radius 1 is 0.416 bits per heavy atom. The van der Waals surface area contributed by atoms with E-state index >= 15 is 0 Å². The number of amides is 12. The van der Waals surface area contributed by atoms with E-state index in [-0.39, 0.29) is 103 Å². The summed E-state index contributed by atoms with van der Waals surface area (Å²) in [4.78, 5) is 179. The largest absolute Gasteiger partial charge is 0.464 e. The molecule has 0 fully saturated rings. The van der Waals surface area contributed by atoms with Crippen LogP contribution in [0.4, 0.5) is 0 Å². The molecule has 28 heteroatoms. The zero-order valence-electron chi connectivity index (χ0n) is 61.5. The lowest BCUT2D eigenvalue weighted by Gasteiger charge is -2.32. The first-order chi connectivity index (χ1) is 47.6. The van der Waals surface area contributed by atoms with Gasteiger partial charge in [0.25, 0.3) is 70.9 Å². The van der Waals surface area contributed by atoms with Gasteiger partial charge in [0.05, 0.1) is 57.8 Å². The average molecular weight is 1420 g/mol. The summed E-state index contributed by atoms with van der Waals surface area (Å²) in [6.45, 7) is 30.7. The molecule has 6 aliphatic rings. The number of nitrogens with zero attached hydrogens (tertiary/aromatic N) is 6. The van der Waals surface area contributed by atoms with Crippen molar-refractivity contribution < 1.29 is 105 Å². The highest BCUT2D eigenvalue weighted by atomic mass is 16.6. The molecule has 10 unspecified atom stereocenters. The second kappa shape index (κ2) is 45.4. The number of ether oxygens (including phenoxy) is 6. The fourth-order valence-corrected chi connectivity index (χ4v) is 10.7. The molecule has 12 amide bonds. The van der Waals surface area contributed by atoms with E-state index in [1.54, 1.807) is 27.7 Å². The Morgan fingerprint density at radius 3 is 1.25 bits per heavy atom. The smallest absolute Gasteiger partial charge is 0.329 e. The fourth-order valence-electron chi connectivity index (χ4n) is 10.7. The normalized spacial score (nSPS) is 18.4. The number of aliphatic hydroxyl groups excluding tert-OH is 1. The number of hydrogen-bond acceptors (Lipinski definition) is 22. The van der Waals surface area contributed by atoms with E-state index in [1.165, 1.54) is 89.3 Å². The third kappa shape index (κ3) is 31.1. The second-order valence-corrected chi connectivity index (χ2v) is 26.3. The van der Waals surface area contributed by atoms with Crippen molar-refractivity contribution in [2.45, 2.75) is 217 Å². The van der Waals surface area contributed by atoms with Crippen molar-refractivity contribution in [1.82, 2.24) is 29.4 Å². The number of esters is 3. The number of hydrogen-bond donors (Lipinski definition) is 1. The first-order valence-corrected chi connectivity index (χ1v) is 34.9. The van der Waals surface area contributed by atoms with Gasteiger partial charge in [0.15, 0.2) is 0 Å². The molecule has 0 saturated heterocycles. The summed E-state index contributed by atoms with van der Waals surface area (Å²) < 4.78 is 32.2. The predicted octanol–water partition coefficient (Wildman–Crippen LogP) is 6.16. The maximum Gasteiger partial charge on any atom is 0.329 e. The van der Waals surface area contributed by atoms with Gasteiger partial charge in [0, 0.05) is 99.0 Å². The molecule has 6 rings (SSSR count). The standard InChI is InChI=1S/C16H20N2O4.C16H25NO7.C15H23NO4.C15H25NO3.C11H15NO4/c1-11(9-17-12(19)4-5-13(17)20)8-16(2,3)10-18-14(21)6-7-15(18)22;1-10(7-18)22-8-11(2)23-9-12(3)24-16(21)13(4)17-14(19)5-6-15(17)20;1-4-6-7-12(5-2)10-20-15(19)11(3)16-13(17)8-9-14(16)18;1-4-7-12(5-2)11-19-13(6-3)10-16-14(17)8-9-15(16)18;1-3-4-11(15)16-8(2)7-12-9(13)5-6-10(12)14/h4-7,11H,8-10H2,1-3H3;5-6,10-13,18H,7-9H2,1-4H3;8-9,11-12H,4-7,10H2,1-3H3;8-9,12-13H,4-7,10-11H2,1-3H3;5-6,8H,3-4,7H2,1-2H3. The van der Waals surface area contributed by atoms with Crippen molar-refractivity contribution in [3.8, 4) is 0 Å². The Kier molecular flexibility index (Phi) is 39.8. The monoisotopic (exact) mass is 1420 g/mol. The van der Waals surface area contributed by atoms with Gasteiger partial charge in [-0.05, 0) is 96.8 Å². The maximum atomic E-state index is 12.0. The van der Waals surface area contributed by atoms with Crippen LogP contribution in [-0.4, -0.2) is 225 Å². The fraction of sp³-hybridized carbons (Fsp3) is 0.630. The summed E-state index contributed by atoms with van der Waals surface area (Å²) in [5.74, 6) is -4.83. The van der Waals surface area contributed by atoms with Gasteiger partial charge in [-0.3, -0.25) is 91.7 Å². The molecule has 101 heavy (non-hydrogen) atoms. The minimum absolute atomic E-state index is 0.0568. The van der Waals surface area contributed by atoms with Gasteiger partial charge in [0.2, 0.25) is 0 Å². The van der Waals surface area contributed by atoms with E-state index in [1.807, 2.05) is 34.6 Å². The van der Waals surface area contributed by atoms with Gasteiger partial charge in [-0.2, -0.15) is 0 Å². The summed E-state index contributed by atoms with van der Waals surface area (Å²) in [5.41, 5.74) is -0.296. The van der Waals surface area contributed by atoms with Crippen LogP contribution in [0.2, 0.25) is 0 Å². The van der Waals surface area contributed by atoms with E-state index in [0.717, 1.165) is 78.2 Å². The van der Waals surface area contributed by atoms with Crippen molar-refractivity contribution in [2.75, 3.05) is 59.2 Å². The maximum absolute atomic E-state index is 12.0. The highest BCUT2D eigenvalue weighted by Gasteiger charge is 2.37. The SMILES string of the molecule is CC(CN1C(=O)C=CC1=O)CC(C)(C)CN1C(=O)C=CC1=O.CC(CO)OCC(C)OCC(C)OC(=O)C(C)N1C(=O)C=CC1=O.CCCC(=O)OC(C)CN1C(=O)C=CC1=O.CCCC(CC)COC(CC)CN1C(=O)C=CC1=O.CCCCC(CC)COC(=O)C(C)N1C(=O)C=CC1=O. The Morgan fingerprint density at radius 2 is 0.822 bits per heavy atom. The van der Waals surface area contributed by atoms with Gasteiger partial charge in [-0.15, -0.1) is 0 Å². The number of carbonyl (C=O) groups excluding carboxylic acids is 15. The quantitative estimate of drug-likeness (QED) is 0.0411. The van der Waals surface area contributed by atoms with Crippen LogP contribution in [0, 0.1) is 23.2 Å². The van der Waals surface area contributed by atoms with Crippen LogP contribution >= 0.6 is 0 Å². The highest BCUT2D eigenvalue weighted by molar-refractivity contribution is 6.17. The molecule has 0 aliphatic carbocycles. The summed E-state index contributed by atoms with van der Waals surface area (Å²) in [5, 5.41) is 8.86. The summed E-state index contributed by atoms with van der Waals surface area (Å²) in [6.07, 6.45) is 23.3. The van der Waals surface area contributed by atoms with Crippen LogP contribution in [0.3, 0.4) is 0 Å². The molecule has 0 aromatic heterocycles. The van der Waals surface area contributed by atoms with Gasteiger partial charge in [0.1, 0.15) is 24.3 Å². The van der Waals surface area contributed by atoms with Crippen LogP contribution in [0.1, 0.15) is 174 Å². The Bertz CT molecular complexity index is 2970. The molecule has 28 nitrogen and oxygen atoms in total. The van der Waals surface area contributed by atoms with Crippen LogP contribution in [0.15, 0.2) is 72.9 Å². The molecular weight excluding hydrogens is 1310 g/mol. The van der Waals surface area contributed by atoms with Crippen LogP contribution in [-0.2, 0) is 100 Å². The third-order valence-electron chi connectivity index (χ3n) is 16.4. The highest BCUT2D eigenvalue weighted by Crippen LogP contribution is 2.29. The molecule has 0 radical (unpaired) electrons. The zero-order valence-corrected chi connectivity index (χ0v) is 61.5. The minimum Gasteiger partial charge on any atom is -0.464 e. The molecule has 0 bridgehead atoms. The molecule has 0 aromatic rings. The summed E-state index contributed by atoms with van der Waals surface area (Å²) in [7, 11) is 0. The van der Waals surface area contributed by atoms with Crippen LogP contribution < -0.4 is 0 Å². The lowest BCUT2D eigenvalue weighted by Crippen LogP contribution is -2.45. The number of aliphatic hydroxyl groups is 1.